The highest BCUT2D eigenvalue weighted by Gasteiger charge is 2.21. The molecule has 15 rings (SSSR count). The van der Waals surface area contributed by atoms with Crippen molar-refractivity contribution in [3.63, 3.8) is 0 Å². The molecular weight excluding hydrogens is 875 g/mol. The van der Waals surface area contributed by atoms with Crippen molar-refractivity contribution in [2.45, 2.75) is 0 Å². The maximum Gasteiger partial charge on any atom is 0.164 e. The van der Waals surface area contributed by atoms with Gasteiger partial charge in [0.05, 0.1) is 22.1 Å². The fourth-order valence-electron chi connectivity index (χ4n) is 10.8. The lowest BCUT2D eigenvalue weighted by Gasteiger charge is -2.11. The van der Waals surface area contributed by atoms with E-state index in [1.165, 1.54) is 36.7 Å². The minimum absolute atomic E-state index is 0.589. The molecule has 7 heteroatoms. The van der Waals surface area contributed by atoms with E-state index in [-0.39, 0.29) is 0 Å². The monoisotopic (exact) mass is 911 g/mol. The van der Waals surface area contributed by atoms with E-state index in [9.17, 15) is 0 Å². The molecule has 70 heavy (non-hydrogen) atoms. The summed E-state index contributed by atoms with van der Waals surface area (Å²) in [6.07, 6.45) is 0. The van der Waals surface area contributed by atoms with Crippen molar-refractivity contribution in [2.24, 2.45) is 0 Å². The van der Waals surface area contributed by atoms with Crippen LogP contribution in [0.3, 0.4) is 0 Å². The van der Waals surface area contributed by atoms with Gasteiger partial charge in [-0.15, -0.1) is 11.3 Å². The summed E-state index contributed by atoms with van der Waals surface area (Å²) in [6.45, 7) is 0. The summed E-state index contributed by atoms with van der Waals surface area (Å²) in [5.41, 5.74) is 13.5. The second-order valence-corrected chi connectivity index (χ2v) is 19.0. The van der Waals surface area contributed by atoms with Gasteiger partial charge in [0.2, 0.25) is 0 Å². The van der Waals surface area contributed by atoms with Crippen molar-refractivity contribution in [1.82, 2.24) is 24.1 Å². The van der Waals surface area contributed by atoms with Gasteiger partial charge in [-0.05, 0) is 120 Å². The largest absolute Gasteiger partial charge is 0.456 e. The molecule has 0 saturated carbocycles. The quantitative estimate of drug-likeness (QED) is 0.167. The Kier molecular flexibility index (Phi) is 8.43. The SMILES string of the molecule is c1ccc(-c2cccc(-n3c4ccccc4c4cc(-c5nc(-c6ccc7oc8ccc9sc%10ccccc%10c9c8c7c6)nc(-c6ccc7c(c6)c6ccccc6n7-c6ccccc6)n5)ccc43)c2)cc1. The number of rotatable bonds is 6. The van der Waals surface area contributed by atoms with Crippen molar-refractivity contribution >= 4 is 97.1 Å². The third-order valence-electron chi connectivity index (χ3n) is 14.0. The van der Waals surface area contributed by atoms with Gasteiger partial charge in [-0.3, -0.25) is 0 Å². The number of thiophene rings is 1. The molecule has 0 amide bonds. The van der Waals surface area contributed by atoms with Crippen molar-refractivity contribution in [1.29, 1.82) is 0 Å². The summed E-state index contributed by atoms with van der Waals surface area (Å²) in [7, 11) is 0. The Hall–Kier alpha value is -9.17. The first-order valence-electron chi connectivity index (χ1n) is 23.5. The van der Waals surface area contributed by atoms with Crippen molar-refractivity contribution in [3.05, 3.63) is 224 Å². The molecule has 0 unspecified atom stereocenters. The van der Waals surface area contributed by atoms with Gasteiger partial charge in [0.1, 0.15) is 11.2 Å². The third-order valence-corrected chi connectivity index (χ3v) is 15.1. The highest BCUT2D eigenvalue weighted by atomic mass is 32.1. The molecule has 0 aliphatic rings. The molecule has 0 spiro atoms. The summed E-state index contributed by atoms with van der Waals surface area (Å²) in [4.78, 5) is 16.1. The van der Waals surface area contributed by atoms with E-state index in [1.54, 1.807) is 0 Å². The predicted octanol–water partition coefficient (Wildman–Crippen LogP) is 17.0. The molecule has 5 heterocycles. The summed E-state index contributed by atoms with van der Waals surface area (Å²) in [5.74, 6) is 1.78. The first-order valence-corrected chi connectivity index (χ1v) is 24.3. The average molecular weight is 912 g/mol. The molecule has 0 fully saturated rings. The molecule has 6 nitrogen and oxygen atoms in total. The van der Waals surface area contributed by atoms with Crippen molar-refractivity contribution < 1.29 is 4.42 Å². The fraction of sp³-hybridized carbons (Fsp3) is 0. The number of nitrogens with zero attached hydrogens (tertiary/aromatic N) is 5. The van der Waals surface area contributed by atoms with E-state index in [1.807, 2.05) is 11.3 Å². The van der Waals surface area contributed by atoms with Crippen LogP contribution in [-0.4, -0.2) is 24.1 Å². The molecule has 0 atom stereocenters. The molecule has 0 radical (unpaired) electrons. The van der Waals surface area contributed by atoms with Crippen LogP contribution in [0.25, 0.3) is 142 Å². The van der Waals surface area contributed by atoms with Gasteiger partial charge < -0.3 is 13.6 Å². The van der Waals surface area contributed by atoms with E-state index in [0.717, 1.165) is 88.2 Å². The van der Waals surface area contributed by atoms with Crippen LogP contribution in [0.5, 0.6) is 0 Å². The molecule has 0 aliphatic heterocycles. The molecule has 326 valence electrons. The second-order valence-electron chi connectivity index (χ2n) is 18.0. The van der Waals surface area contributed by atoms with E-state index in [2.05, 4.69) is 234 Å². The lowest BCUT2D eigenvalue weighted by atomic mass is 10.0. The molecule has 0 aliphatic carbocycles. The van der Waals surface area contributed by atoms with Crippen molar-refractivity contribution in [2.75, 3.05) is 0 Å². The molecule has 0 saturated heterocycles. The Morgan fingerprint density at radius 3 is 1.47 bits per heavy atom. The van der Waals surface area contributed by atoms with Crippen LogP contribution in [0.2, 0.25) is 0 Å². The Labute approximate surface area is 404 Å². The highest BCUT2D eigenvalue weighted by Crippen LogP contribution is 2.44. The van der Waals surface area contributed by atoms with E-state index >= 15 is 0 Å². The maximum atomic E-state index is 6.55. The van der Waals surface area contributed by atoms with Crippen LogP contribution in [0.4, 0.5) is 0 Å². The van der Waals surface area contributed by atoms with E-state index < -0.39 is 0 Å². The number of furan rings is 1. The number of para-hydroxylation sites is 3. The highest BCUT2D eigenvalue weighted by molar-refractivity contribution is 7.26. The van der Waals surface area contributed by atoms with Crippen LogP contribution in [0.15, 0.2) is 229 Å². The van der Waals surface area contributed by atoms with Crippen LogP contribution in [-0.2, 0) is 0 Å². The first kappa shape index (κ1) is 38.9. The summed E-state index contributed by atoms with van der Waals surface area (Å²) in [6, 6.07) is 79.6. The van der Waals surface area contributed by atoms with Crippen LogP contribution < -0.4 is 0 Å². The second kappa shape index (κ2) is 15.2. The van der Waals surface area contributed by atoms with Gasteiger partial charge in [0, 0.05) is 80.6 Å². The molecule has 15 aromatic rings. The number of hydrogen-bond acceptors (Lipinski definition) is 5. The molecule has 5 aromatic heterocycles. The van der Waals surface area contributed by atoms with Crippen LogP contribution in [0, 0.1) is 0 Å². The molecule has 0 bridgehead atoms. The standard InChI is InChI=1S/C63H37N5OS/c1-3-14-38(15-4-1)39-16-13-19-44(34-39)68-52-24-11-8-21-46(52)49-36-41(27-30-54(49)68)62-64-61(40-26-29-53-48(35-40)45-20-7-10-23-51(45)67(53)43-17-5-2-6-18-43)65-63(66-62)42-28-31-55-50(37-42)59-56(69-55)32-33-58-60(59)47-22-9-12-25-57(47)70-58/h1-37H. The molecule has 10 aromatic carbocycles. The predicted molar refractivity (Wildman–Crippen MR) is 290 cm³/mol. The van der Waals surface area contributed by atoms with Gasteiger partial charge in [0.25, 0.3) is 0 Å². The minimum atomic E-state index is 0.589. The summed E-state index contributed by atoms with van der Waals surface area (Å²) >= 11 is 1.81. The smallest absolute Gasteiger partial charge is 0.164 e. The zero-order valence-corrected chi connectivity index (χ0v) is 38.2. The average Bonchev–Trinajstić information content (AvgIpc) is 4.18. The normalized spacial score (nSPS) is 12.0. The zero-order valence-electron chi connectivity index (χ0n) is 37.4. The van der Waals surface area contributed by atoms with E-state index in [4.69, 9.17) is 19.4 Å². The lowest BCUT2D eigenvalue weighted by Crippen LogP contribution is -2.00. The number of fused-ring (bicyclic) bond motifs is 13. The maximum absolute atomic E-state index is 6.55. The Bertz CT molecular complexity index is 4600. The number of aromatic nitrogens is 5. The van der Waals surface area contributed by atoms with E-state index in [0.29, 0.717) is 17.5 Å². The van der Waals surface area contributed by atoms with Crippen molar-refractivity contribution in [3.8, 4) is 56.7 Å². The summed E-state index contributed by atoms with van der Waals surface area (Å²) < 4.78 is 13.7. The Morgan fingerprint density at radius 1 is 0.300 bits per heavy atom. The van der Waals surface area contributed by atoms with Crippen LogP contribution in [0.1, 0.15) is 0 Å². The van der Waals surface area contributed by atoms with Gasteiger partial charge >= 0.3 is 0 Å². The first-order chi connectivity index (χ1) is 34.7. The van der Waals surface area contributed by atoms with Gasteiger partial charge in [-0.1, -0.05) is 115 Å². The zero-order chi connectivity index (χ0) is 45.9. The topological polar surface area (TPSA) is 61.7 Å². The van der Waals surface area contributed by atoms with Crippen LogP contribution >= 0.6 is 11.3 Å². The third kappa shape index (κ3) is 5.95. The molecule has 0 N–H and O–H groups in total. The fourth-order valence-corrected chi connectivity index (χ4v) is 11.9. The lowest BCUT2D eigenvalue weighted by molar-refractivity contribution is 0.669. The molecular formula is C63H37N5OS. The van der Waals surface area contributed by atoms with Gasteiger partial charge in [-0.25, -0.2) is 15.0 Å². The number of benzene rings is 10. The van der Waals surface area contributed by atoms with Gasteiger partial charge in [0.15, 0.2) is 17.5 Å². The number of hydrogen-bond donors (Lipinski definition) is 0. The summed E-state index contributed by atoms with van der Waals surface area (Å²) in [5, 5.41) is 9.16. The Balaban J connectivity index is 0.948. The minimum Gasteiger partial charge on any atom is -0.456 e. The Morgan fingerprint density at radius 2 is 0.800 bits per heavy atom. The van der Waals surface area contributed by atoms with Gasteiger partial charge in [-0.2, -0.15) is 0 Å².